The highest BCUT2D eigenvalue weighted by molar-refractivity contribution is 9.09. The van der Waals surface area contributed by atoms with Crippen molar-refractivity contribution in [3.63, 3.8) is 0 Å². The highest BCUT2D eigenvalue weighted by Crippen LogP contribution is 2.22. The molecule has 0 fully saturated rings. The summed E-state index contributed by atoms with van der Waals surface area (Å²) in [5, 5.41) is 0.604. The number of carbonyl (C=O) groups excluding carboxylic acids is 2. The molecule has 0 aliphatic rings. The van der Waals surface area contributed by atoms with Crippen molar-refractivity contribution in [1.29, 1.82) is 0 Å². The summed E-state index contributed by atoms with van der Waals surface area (Å²) in [5.41, 5.74) is 1.27. The first kappa shape index (κ1) is 15.9. The van der Waals surface area contributed by atoms with Gasteiger partial charge in [-0.15, -0.1) is 0 Å². The van der Waals surface area contributed by atoms with E-state index in [1.807, 2.05) is 0 Å². The van der Waals surface area contributed by atoms with Gasteiger partial charge in [0.15, 0.2) is 11.6 Å². The van der Waals surface area contributed by atoms with Gasteiger partial charge in [-0.3, -0.25) is 9.59 Å². The molecule has 0 aliphatic carbocycles. The van der Waals surface area contributed by atoms with Gasteiger partial charge in [0.2, 0.25) is 0 Å². The summed E-state index contributed by atoms with van der Waals surface area (Å²) in [4.78, 5) is 23.0. The third-order valence-corrected chi connectivity index (χ3v) is 3.85. The Morgan fingerprint density at radius 3 is 1.33 bits per heavy atom. The molecule has 2 rings (SSSR count). The minimum Gasteiger partial charge on any atom is -0.457 e. The van der Waals surface area contributed by atoms with Crippen molar-refractivity contribution >= 4 is 43.4 Å². The van der Waals surface area contributed by atoms with Gasteiger partial charge >= 0.3 is 0 Å². The molecule has 0 heterocycles. The first-order valence-electron chi connectivity index (χ1n) is 6.20. The molecule has 0 unspecified atom stereocenters. The summed E-state index contributed by atoms with van der Waals surface area (Å²) in [5.74, 6) is 1.33. The van der Waals surface area contributed by atoms with E-state index in [-0.39, 0.29) is 11.6 Å². The third kappa shape index (κ3) is 4.25. The Labute approximate surface area is 139 Å². The minimum absolute atomic E-state index is 0.0270. The van der Waals surface area contributed by atoms with Crippen LogP contribution in [0.1, 0.15) is 20.7 Å². The molecule has 0 saturated heterocycles. The summed E-state index contributed by atoms with van der Waals surface area (Å²) in [6.07, 6.45) is 0. The lowest BCUT2D eigenvalue weighted by Crippen LogP contribution is -1.99. The predicted molar refractivity (Wildman–Crippen MR) is 89.2 cm³/mol. The van der Waals surface area contributed by atoms with Crippen LogP contribution in [0.2, 0.25) is 0 Å². The zero-order valence-corrected chi connectivity index (χ0v) is 14.2. The highest BCUT2D eigenvalue weighted by Gasteiger charge is 2.06. The van der Waals surface area contributed by atoms with Crippen molar-refractivity contribution in [2.24, 2.45) is 0 Å². The zero-order valence-electron chi connectivity index (χ0n) is 11.0. The van der Waals surface area contributed by atoms with Crippen LogP contribution in [0.3, 0.4) is 0 Å². The quantitative estimate of drug-likeness (QED) is 0.513. The standard InChI is InChI=1S/C16H12Br2O3/c17-9-15(19)11-1-5-13(6-2-11)21-14-7-3-12(4-8-14)16(20)10-18/h1-8H,9-10H2. The molecule has 0 atom stereocenters. The number of hydrogen-bond acceptors (Lipinski definition) is 3. The maximum atomic E-state index is 11.5. The molecule has 0 spiro atoms. The van der Waals surface area contributed by atoms with E-state index in [2.05, 4.69) is 31.9 Å². The van der Waals surface area contributed by atoms with Crippen molar-refractivity contribution in [1.82, 2.24) is 0 Å². The van der Waals surface area contributed by atoms with Gasteiger partial charge in [-0.2, -0.15) is 0 Å². The molecular weight excluding hydrogens is 400 g/mol. The molecule has 0 radical (unpaired) electrons. The van der Waals surface area contributed by atoms with Crippen LogP contribution >= 0.6 is 31.9 Å². The van der Waals surface area contributed by atoms with Gasteiger partial charge in [0, 0.05) is 11.1 Å². The molecule has 2 aromatic rings. The van der Waals surface area contributed by atoms with Crippen LogP contribution in [-0.2, 0) is 0 Å². The lowest BCUT2D eigenvalue weighted by atomic mass is 10.1. The second kappa shape index (κ2) is 7.52. The number of ether oxygens (including phenoxy) is 1. The SMILES string of the molecule is O=C(CBr)c1ccc(Oc2ccc(C(=O)CBr)cc2)cc1. The van der Waals surface area contributed by atoms with Crippen LogP contribution in [0.4, 0.5) is 0 Å². The summed E-state index contributed by atoms with van der Waals surface area (Å²) >= 11 is 6.27. The van der Waals surface area contributed by atoms with Crippen molar-refractivity contribution in [3.8, 4) is 11.5 Å². The Morgan fingerprint density at radius 2 is 1.05 bits per heavy atom. The first-order valence-corrected chi connectivity index (χ1v) is 8.44. The lowest BCUT2D eigenvalue weighted by Gasteiger charge is -2.07. The Balaban J connectivity index is 2.08. The van der Waals surface area contributed by atoms with Gasteiger partial charge in [-0.05, 0) is 48.5 Å². The predicted octanol–water partition coefficient (Wildman–Crippen LogP) is 4.63. The molecular formula is C16H12Br2O3. The second-order valence-corrected chi connectivity index (χ2v) is 5.39. The average Bonchev–Trinajstić information content (AvgIpc) is 2.55. The normalized spacial score (nSPS) is 10.2. The number of carbonyl (C=O) groups is 2. The van der Waals surface area contributed by atoms with Crippen LogP contribution in [0.15, 0.2) is 48.5 Å². The van der Waals surface area contributed by atoms with E-state index in [0.29, 0.717) is 33.3 Å². The number of alkyl halides is 2. The molecule has 3 nitrogen and oxygen atoms in total. The summed E-state index contributed by atoms with van der Waals surface area (Å²) in [7, 11) is 0. The summed E-state index contributed by atoms with van der Waals surface area (Å²) in [6.45, 7) is 0. The molecule has 0 aromatic heterocycles. The van der Waals surface area contributed by atoms with Gasteiger partial charge in [0.1, 0.15) is 11.5 Å². The van der Waals surface area contributed by atoms with E-state index >= 15 is 0 Å². The van der Waals surface area contributed by atoms with Crippen molar-refractivity contribution < 1.29 is 14.3 Å². The Bertz CT molecular complexity index is 576. The van der Waals surface area contributed by atoms with E-state index in [9.17, 15) is 9.59 Å². The molecule has 2 aromatic carbocycles. The van der Waals surface area contributed by atoms with Crippen molar-refractivity contribution in [2.45, 2.75) is 0 Å². The van der Waals surface area contributed by atoms with Crippen LogP contribution in [0.25, 0.3) is 0 Å². The Hall–Kier alpha value is -1.46. The van der Waals surface area contributed by atoms with Gasteiger partial charge in [0.25, 0.3) is 0 Å². The van der Waals surface area contributed by atoms with Gasteiger partial charge in [0.05, 0.1) is 10.7 Å². The minimum atomic E-state index is 0.0270. The van der Waals surface area contributed by atoms with Crippen LogP contribution in [0.5, 0.6) is 11.5 Å². The Kier molecular flexibility index (Phi) is 5.70. The van der Waals surface area contributed by atoms with Gasteiger partial charge < -0.3 is 4.74 Å². The monoisotopic (exact) mass is 410 g/mol. The maximum absolute atomic E-state index is 11.5. The largest absolute Gasteiger partial charge is 0.457 e. The molecule has 0 aliphatic heterocycles. The van der Waals surface area contributed by atoms with Crippen molar-refractivity contribution in [2.75, 3.05) is 10.7 Å². The number of rotatable bonds is 6. The van der Waals surface area contributed by atoms with Gasteiger partial charge in [-0.1, -0.05) is 31.9 Å². The van der Waals surface area contributed by atoms with E-state index in [1.165, 1.54) is 0 Å². The molecule has 21 heavy (non-hydrogen) atoms. The molecule has 0 saturated carbocycles. The Morgan fingerprint density at radius 1 is 0.714 bits per heavy atom. The van der Waals surface area contributed by atoms with E-state index < -0.39 is 0 Å². The third-order valence-electron chi connectivity index (χ3n) is 2.83. The number of Topliss-reactive ketones (excluding diaryl/α,β-unsaturated/α-hetero) is 2. The fourth-order valence-corrected chi connectivity index (χ4v) is 2.36. The molecule has 0 amide bonds. The van der Waals surface area contributed by atoms with E-state index in [0.717, 1.165) is 0 Å². The van der Waals surface area contributed by atoms with Gasteiger partial charge in [-0.25, -0.2) is 0 Å². The van der Waals surface area contributed by atoms with Crippen molar-refractivity contribution in [3.05, 3.63) is 59.7 Å². The number of halogens is 2. The molecule has 5 heteroatoms. The van der Waals surface area contributed by atoms with Crippen LogP contribution in [-0.4, -0.2) is 22.2 Å². The molecule has 0 N–H and O–H groups in total. The highest BCUT2D eigenvalue weighted by atomic mass is 79.9. The zero-order chi connectivity index (χ0) is 15.2. The average molecular weight is 412 g/mol. The fourth-order valence-electron chi connectivity index (χ4n) is 1.71. The second-order valence-electron chi connectivity index (χ2n) is 4.26. The number of hydrogen-bond donors (Lipinski definition) is 0. The van der Waals surface area contributed by atoms with Crippen LogP contribution < -0.4 is 4.74 Å². The first-order chi connectivity index (χ1) is 10.1. The fraction of sp³-hybridized carbons (Fsp3) is 0.125. The van der Waals surface area contributed by atoms with E-state index in [4.69, 9.17) is 4.74 Å². The summed E-state index contributed by atoms with van der Waals surface area (Å²) in [6, 6.07) is 13.9. The topological polar surface area (TPSA) is 43.4 Å². The van der Waals surface area contributed by atoms with E-state index in [1.54, 1.807) is 48.5 Å². The number of ketones is 2. The number of benzene rings is 2. The molecule has 108 valence electrons. The smallest absolute Gasteiger partial charge is 0.173 e. The summed E-state index contributed by atoms with van der Waals surface area (Å²) < 4.78 is 5.67. The lowest BCUT2D eigenvalue weighted by molar-refractivity contribution is 0.101. The maximum Gasteiger partial charge on any atom is 0.173 e. The molecule has 0 bridgehead atoms. The van der Waals surface area contributed by atoms with Crippen LogP contribution in [0, 0.1) is 0 Å².